The lowest BCUT2D eigenvalue weighted by Gasteiger charge is -2.32. The van der Waals surface area contributed by atoms with Crippen molar-refractivity contribution in [3.05, 3.63) is 24.8 Å². The van der Waals surface area contributed by atoms with Gasteiger partial charge < -0.3 is 19.7 Å². The van der Waals surface area contributed by atoms with Crippen LogP contribution in [-0.4, -0.2) is 70.0 Å². The van der Waals surface area contributed by atoms with Crippen molar-refractivity contribution in [3.8, 4) is 5.82 Å². The molecule has 0 atom stereocenters. The molecule has 28 heavy (non-hydrogen) atoms. The lowest BCUT2D eigenvalue weighted by Crippen LogP contribution is -2.43. The van der Waals surface area contributed by atoms with Gasteiger partial charge in [0.15, 0.2) is 17.9 Å². The van der Waals surface area contributed by atoms with Crippen molar-refractivity contribution in [1.29, 1.82) is 0 Å². The first-order valence-electron chi connectivity index (χ1n) is 9.65. The van der Waals surface area contributed by atoms with E-state index in [4.69, 9.17) is 9.47 Å². The topological polar surface area (TPSA) is 107 Å². The Labute approximate surface area is 164 Å². The molecule has 0 aliphatic carbocycles. The quantitative estimate of drug-likeness (QED) is 0.627. The fourth-order valence-electron chi connectivity index (χ4n) is 3.17. The Kier molecular flexibility index (Phi) is 7.26. The lowest BCUT2D eigenvalue weighted by molar-refractivity contribution is -0.142. The van der Waals surface area contributed by atoms with E-state index in [1.54, 1.807) is 11.0 Å². The van der Waals surface area contributed by atoms with E-state index in [1.807, 2.05) is 26.0 Å². The van der Waals surface area contributed by atoms with Gasteiger partial charge in [0.2, 0.25) is 5.91 Å². The monoisotopic (exact) mass is 389 g/mol. The number of rotatable bonds is 9. The van der Waals surface area contributed by atoms with Crippen molar-refractivity contribution in [2.45, 2.75) is 33.0 Å². The van der Waals surface area contributed by atoms with Crippen LogP contribution in [0, 0.1) is 5.92 Å². The largest absolute Gasteiger partial charge is 0.355 e. The average molecular weight is 389 g/mol. The first-order valence-corrected chi connectivity index (χ1v) is 9.65. The minimum Gasteiger partial charge on any atom is -0.355 e. The van der Waals surface area contributed by atoms with Gasteiger partial charge in [-0.3, -0.25) is 4.79 Å². The Hall–Kier alpha value is -2.59. The number of piperidine rings is 1. The first kappa shape index (κ1) is 20.2. The summed E-state index contributed by atoms with van der Waals surface area (Å²) in [6, 6.07) is 3.77. The zero-order chi connectivity index (χ0) is 19.8. The Morgan fingerprint density at radius 3 is 2.43 bits per heavy atom. The van der Waals surface area contributed by atoms with Gasteiger partial charge in [-0.05, 0) is 38.8 Å². The van der Waals surface area contributed by atoms with E-state index >= 15 is 0 Å². The molecule has 0 spiro atoms. The van der Waals surface area contributed by atoms with Crippen LogP contribution < -0.4 is 10.2 Å². The van der Waals surface area contributed by atoms with Crippen molar-refractivity contribution < 1.29 is 14.3 Å². The second kappa shape index (κ2) is 10.1. The number of hydrogen-bond donors (Lipinski definition) is 1. The van der Waals surface area contributed by atoms with Crippen LogP contribution >= 0.6 is 0 Å². The normalized spacial score (nSPS) is 15.2. The SMILES string of the molecule is CCOC(CNC(=O)C1CCN(c2ccc(-n3cncn3)nn2)CC1)OCC. The summed E-state index contributed by atoms with van der Waals surface area (Å²) in [5, 5.41) is 15.5. The Balaban J connectivity index is 1.46. The summed E-state index contributed by atoms with van der Waals surface area (Å²) in [7, 11) is 0. The third-order valence-corrected chi connectivity index (χ3v) is 4.63. The molecule has 0 bridgehead atoms. The number of hydrogen-bond acceptors (Lipinski definition) is 8. The second-order valence-electron chi connectivity index (χ2n) is 6.44. The highest BCUT2D eigenvalue weighted by Crippen LogP contribution is 2.22. The molecule has 10 nitrogen and oxygen atoms in total. The molecule has 1 fully saturated rings. The standard InChI is InChI=1S/C18H27N7O3/c1-3-27-17(28-4-2)11-20-18(26)14-7-9-24(10-8-14)15-5-6-16(23-22-15)25-13-19-12-21-25/h5-6,12-14,17H,3-4,7-11H2,1-2H3,(H,20,26). The molecule has 2 aromatic heterocycles. The third kappa shape index (κ3) is 5.23. The van der Waals surface area contributed by atoms with E-state index in [0.717, 1.165) is 31.7 Å². The zero-order valence-electron chi connectivity index (χ0n) is 16.3. The summed E-state index contributed by atoms with van der Waals surface area (Å²) in [4.78, 5) is 18.5. The number of anilines is 1. The van der Waals surface area contributed by atoms with Crippen LogP contribution in [0.15, 0.2) is 24.8 Å². The molecule has 0 radical (unpaired) electrons. The highest BCUT2D eigenvalue weighted by atomic mass is 16.7. The number of ether oxygens (including phenoxy) is 2. The maximum absolute atomic E-state index is 12.4. The molecular formula is C18H27N7O3. The molecule has 10 heteroatoms. The maximum Gasteiger partial charge on any atom is 0.223 e. The fraction of sp³-hybridized carbons (Fsp3) is 0.611. The third-order valence-electron chi connectivity index (χ3n) is 4.63. The van der Waals surface area contributed by atoms with Crippen molar-refractivity contribution in [1.82, 2.24) is 30.3 Å². The predicted octanol–water partition coefficient (Wildman–Crippen LogP) is 0.789. The van der Waals surface area contributed by atoms with Gasteiger partial charge in [-0.25, -0.2) is 9.67 Å². The minimum absolute atomic E-state index is 0.0115. The van der Waals surface area contributed by atoms with Gasteiger partial charge in [-0.1, -0.05) is 0 Å². The second-order valence-corrected chi connectivity index (χ2v) is 6.44. The van der Waals surface area contributed by atoms with Gasteiger partial charge in [-0.2, -0.15) is 5.10 Å². The summed E-state index contributed by atoms with van der Waals surface area (Å²) in [5.41, 5.74) is 0. The molecule has 0 aromatic carbocycles. The van der Waals surface area contributed by atoms with E-state index in [0.29, 0.717) is 25.6 Å². The van der Waals surface area contributed by atoms with Crippen LogP contribution in [0.5, 0.6) is 0 Å². The molecule has 1 saturated heterocycles. The molecule has 2 aromatic rings. The average Bonchev–Trinajstić information content (AvgIpc) is 3.27. The maximum atomic E-state index is 12.4. The number of carbonyl (C=O) groups is 1. The van der Waals surface area contributed by atoms with Crippen LogP contribution in [0.2, 0.25) is 0 Å². The van der Waals surface area contributed by atoms with Gasteiger partial charge in [0.1, 0.15) is 12.7 Å². The molecule has 0 unspecified atom stereocenters. The van der Waals surface area contributed by atoms with Crippen molar-refractivity contribution in [3.63, 3.8) is 0 Å². The van der Waals surface area contributed by atoms with Crippen LogP contribution in [0.4, 0.5) is 5.82 Å². The van der Waals surface area contributed by atoms with Crippen molar-refractivity contribution >= 4 is 11.7 Å². The fourth-order valence-corrected chi connectivity index (χ4v) is 3.17. The number of carbonyl (C=O) groups excluding carboxylic acids is 1. The number of nitrogens with zero attached hydrogens (tertiary/aromatic N) is 6. The number of aromatic nitrogens is 5. The summed E-state index contributed by atoms with van der Waals surface area (Å²) >= 11 is 0. The molecule has 1 aliphatic heterocycles. The molecule has 3 heterocycles. The summed E-state index contributed by atoms with van der Waals surface area (Å²) in [6.45, 7) is 6.81. The van der Waals surface area contributed by atoms with E-state index in [1.165, 1.54) is 6.33 Å². The summed E-state index contributed by atoms with van der Waals surface area (Å²) in [5.74, 6) is 1.46. The Morgan fingerprint density at radius 1 is 1.18 bits per heavy atom. The smallest absolute Gasteiger partial charge is 0.223 e. The zero-order valence-corrected chi connectivity index (χ0v) is 16.3. The van der Waals surface area contributed by atoms with E-state index in [9.17, 15) is 4.79 Å². The summed E-state index contributed by atoms with van der Waals surface area (Å²) in [6.07, 6.45) is 4.18. The van der Waals surface area contributed by atoms with Crippen LogP contribution in [0.25, 0.3) is 5.82 Å². The van der Waals surface area contributed by atoms with E-state index < -0.39 is 6.29 Å². The molecule has 1 aliphatic rings. The van der Waals surface area contributed by atoms with Crippen LogP contribution in [-0.2, 0) is 14.3 Å². The number of nitrogens with one attached hydrogen (secondary N) is 1. The van der Waals surface area contributed by atoms with Gasteiger partial charge in [-0.15, -0.1) is 10.2 Å². The molecular weight excluding hydrogens is 362 g/mol. The van der Waals surface area contributed by atoms with Crippen molar-refractivity contribution in [2.75, 3.05) is 37.7 Å². The van der Waals surface area contributed by atoms with Gasteiger partial charge in [0.05, 0.1) is 6.54 Å². The van der Waals surface area contributed by atoms with Gasteiger partial charge in [0, 0.05) is 32.2 Å². The van der Waals surface area contributed by atoms with E-state index in [-0.39, 0.29) is 11.8 Å². The number of amides is 1. The van der Waals surface area contributed by atoms with Gasteiger partial charge >= 0.3 is 0 Å². The molecule has 3 rings (SSSR count). The highest BCUT2D eigenvalue weighted by molar-refractivity contribution is 5.79. The Morgan fingerprint density at radius 2 is 1.86 bits per heavy atom. The van der Waals surface area contributed by atoms with E-state index in [2.05, 4.69) is 30.5 Å². The Bertz CT molecular complexity index is 709. The summed E-state index contributed by atoms with van der Waals surface area (Å²) < 4.78 is 12.5. The van der Waals surface area contributed by atoms with Crippen LogP contribution in [0.3, 0.4) is 0 Å². The van der Waals surface area contributed by atoms with Gasteiger partial charge in [0.25, 0.3) is 0 Å². The highest BCUT2D eigenvalue weighted by Gasteiger charge is 2.26. The van der Waals surface area contributed by atoms with Crippen LogP contribution in [0.1, 0.15) is 26.7 Å². The molecule has 0 saturated carbocycles. The predicted molar refractivity (Wildman–Crippen MR) is 102 cm³/mol. The van der Waals surface area contributed by atoms with Crippen molar-refractivity contribution in [2.24, 2.45) is 5.92 Å². The molecule has 1 N–H and O–H groups in total. The molecule has 1 amide bonds. The molecule has 152 valence electrons. The minimum atomic E-state index is -0.391. The lowest BCUT2D eigenvalue weighted by atomic mass is 9.96. The first-order chi connectivity index (χ1) is 13.7.